The molecule has 1 aromatic rings. The second kappa shape index (κ2) is 5.93. The van der Waals surface area contributed by atoms with Crippen LogP contribution in [0.2, 0.25) is 0 Å². The predicted molar refractivity (Wildman–Crippen MR) is 84.1 cm³/mol. The first-order valence-corrected chi connectivity index (χ1v) is 8.56. The van der Waals surface area contributed by atoms with Crippen LogP contribution in [-0.4, -0.2) is 46.6 Å². The number of anilines is 1. The zero-order valence-electron chi connectivity index (χ0n) is 12.6. The van der Waals surface area contributed by atoms with E-state index in [1.165, 1.54) is 13.0 Å². The fourth-order valence-electron chi connectivity index (χ4n) is 3.27. The third-order valence-corrected chi connectivity index (χ3v) is 5.69. The van der Waals surface area contributed by atoms with E-state index in [1.54, 1.807) is 11.3 Å². The Balaban J connectivity index is 1.56. The van der Waals surface area contributed by atoms with Crippen molar-refractivity contribution in [2.45, 2.75) is 45.1 Å². The first-order chi connectivity index (χ1) is 10.0. The van der Waals surface area contributed by atoms with E-state index in [0.717, 1.165) is 35.2 Å². The van der Waals surface area contributed by atoms with Crippen LogP contribution in [0.5, 0.6) is 0 Å². The maximum atomic E-state index is 11.2. The van der Waals surface area contributed by atoms with Gasteiger partial charge in [0, 0.05) is 24.0 Å². The highest BCUT2D eigenvalue weighted by Gasteiger charge is 2.32. The maximum Gasteiger partial charge on any atom is 0.312 e. The third-order valence-electron chi connectivity index (χ3n) is 4.61. The van der Waals surface area contributed by atoms with Crippen LogP contribution in [0.25, 0.3) is 0 Å². The van der Waals surface area contributed by atoms with Crippen molar-refractivity contribution in [1.29, 1.82) is 0 Å². The average Bonchev–Trinajstić information content (AvgIpc) is 3.10. The second-order valence-corrected chi connectivity index (χ2v) is 7.46. The molecule has 116 valence electrons. The molecule has 1 aliphatic carbocycles. The van der Waals surface area contributed by atoms with E-state index < -0.39 is 11.9 Å². The number of carboxylic acid groups (broad SMARTS) is 1. The zero-order chi connectivity index (χ0) is 15.0. The number of nitrogens with zero attached hydrogens (tertiary/aromatic N) is 2. The van der Waals surface area contributed by atoms with Gasteiger partial charge in [0.2, 0.25) is 0 Å². The molecule has 0 bridgehead atoms. The molecule has 0 radical (unpaired) electrons. The molecule has 2 heterocycles. The van der Waals surface area contributed by atoms with Gasteiger partial charge in [-0.05, 0) is 45.6 Å². The van der Waals surface area contributed by atoms with Gasteiger partial charge in [-0.25, -0.2) is 4.98 Å². The lowest BCUT2D eigenvalue weighted by Crippen LogP contribution is -2.29. The summed E-state index contributed by atoms with van der Waals surface area (Å²) in [7, 11) is 0. The van der Waals surface area contributed by atoms with Crippen LogP contribution in [0.3, 0.4) is 0 Å². The normalized spacial score (nSPS) is 25.5. The first kappa shape index (κ1) is 14.8. The van der Waals surface area contributed by atoms with Crippen LogP contribution < -0.4 is 5.32 Å². The highest BCUT2D eigenvalue weighted by molar-refractivity contribution is 7.15. The lowest BCUT2D eigenvalue weighted by molar-refractivity contribution is -0.138. The molecule has 3 rings (SSSR count). The Morgan fingerprint density at radius 1 is 1.52 bits per heavy atom. The number of carbonyl (C=O) groups is 1. The summed E-state index contributed by atoms with van der Waals surface area (Å²) in [5, 5.41) is 13.5. The molecule has 1 aromatic heterocycles. The number of fused-ring (bicyclic) bond motifs is 1. The van der Waals surface area contributed by atoms with Gasteiger partial charge in [0.1, 0.15) is 5.92 Å². The minimum atomic E-state index is -0.742. The Morgan fingerprint density at radius 3 is 3.00 bits per heavy atom. The van der Waals surface area contributed by atoms with Gasteiger partial charge in [-0.3, -0.25) is 4.79 Å². The molecule has 5 nitrogen and oxygen atoms in total. The summed E-state index contributed by atoms with van der Waals surface area (Å²) in [4.78, 5) is 19.4. The van der Waals surface area contributed by atoms with E-state index in [9.17, 15) is 9.90 Å². The molecule has 0 saturated carbocycles. The van der Waals surface area contributed by atoms with Crippen LogP contribution in [0.15, 0.2) is 0 Å². The summed E-state index contributed by atoms with van der Waals surface area (Å²) in [6, 6.07) is 0.620. The van der Waals surface area contributed by atoms with E-state index >= 15 is 0 Å². The Bertz CT molecular complexity index is 529. The lowest BCUT2D eigenvalue weighted by Gasteiger charge is -2.20. The standard InChI is InChI=1S/C15H23N3O2S/c1-9(2)18-6-5-10(8-18)7-16-15-17-13-11(14(19)20)3-4-12(13)21-15/h9-11H,3-8H2,1-2H3,(H,16,17)(H,19,20). The van der Waals surface area contributed by atoms with E-state index in [2.05, 4.69) is 29.0 Å². The summed E-state index contributed by atoms with van der Waals surface area (Å²) >= 11 is 1.63. The molecule has 6 heteroatoms. The average molecular weight is 309 g/mol. The third kappa shape index (κ3) is 3.06. The number of aliphatic carboxylic acids is 1. The van der Waals surface area contributed by atoms with Crippen molar-refractivity contribution in [3.05, 3.63) is 10.6 Å². The van der Waals surface area contributed by atoms with Crippen molar-refractivity contribution in [3.63, 3.8) is 0 Å². The van der Waals surface area contributed by atoms with E-state index in [4.69, 9.17) is 0 Å². The highest BCUT2D eigenvalue weighted by atomic mass is 32.1. The molecule has 1 saturated heterocycles. The monoisotopic (exact) mass is 309 g/mol. The summed E-state index contributed by atoms with van der Waals surface area (Å²) in [6.45, 7) is 7.75. The number of thiazole rings is 1. The van der Waals surface area contributed by atoms with Crippen molar-refractivity contribution < 1.29 is 9.90 Å². The van der Waals surface area contributed by atoms with E-state index in [0.29, 0.717) is 18.4 Å². The van der Waals surface area contributed by atoms with Gasteiger partial charge in [0.25, 0.3) is 0 Å². The summed E-state index contributed by atoms with van der Waals surface area (Å²) in [5.41, 5.74) is 0.797. The first-order valence-electron chi connectivity index (χ1n) is 7.75. The Kier molecular flexibility index (Phi) is 4.17. The molecule has 0 aromatic carbocycles. The number of nitrogens with one attached hydrogen (secondary N) is 1. The minimum absolute atomic E-state index is 0.394. The number of likely N-dealkylation sites (tertiary alicyclic amines) is 1. The zero-order valence-corrected chi connectivity index (χ0v) is 13.4. The minimum Gasteiger partial charge on any atom is -0.481 e. The molecule has 0 amide bonds. The predicted octanol–water partition coefficient (Wildman–Crippen LogP) is 2.40. The number of aromatic nitrogens is 1. The quantitative estimate of drug-likeness (QED) is 0.874. The topological polar surface area (TPSA) is 65.5 Å². The SMILES string of the molecule is CC(C)N1CCC(CNc2nc3c(s2)CCC3C(=O)O)C1. The molecule has 21 heavy (non-hydrogen) atoms. The van der Waals surface area contributed by atoms with Crippen molar-refractivity contribution in [1.82, 2.24) is 9.88 Å². The molecule has 2 aliphatic rings. The van der Waals surface area contributed by atoms with E-state index in [-0.39, 0.29) is 0 Å². The largest absolute Gasteiger partial charge is 0.481 e. The Labute approximate surface area is 129 Å². The molecular weight excluding hydrogens is 286 g/mol. The van der Waals surface area contributed by atoms with Crippen molar-refractivity contribution in [2.24, 2.45) is 5.92 Å². The molecule has 2 atom stereocenters. The van der Waals surface area contributed by atoms with Gasteiger partial charge in [-0.1, -0.05) is 0 Å². The van der Waals surface area contributed by atoms with Gasteiger partial charge in [0.15, 0.2) is 5.13 Å². The lowest BCUT2D eigenvalue weighted by atomic mass is 10.1. The van der Waals surface area contributed by atoms with Crippen LogP contribution in [0.1, 0.15) is 43.2 Å². The number of aryl methyl sites for hydroxylation is 1. The van der Waals surface area contributed by atoms with Gasteiger partial charge in [-0.2, -0.15) is 0 Å². The fourth-order valence-corrected chi connectivity index (χ4v) is 4.32. The van der Waals surface area contributed by atoms with Gasteiger partial charge < -0.3 is 15.3 Å². The summed E-state index contributed by atoms with van der Waals surface area (Å²) in [6.07, 6.45) is 2.79. The molecule has 1 aliphatic heterocycles. The second-order valence-electron chi connectivity index (χ2n) is 6.38. The number of carboxylic acids is 1. The number of hydrogen-bond acceptors (Lipinski definition) is 5. The van der Waals surface area contributed by atoms with Crippen LogP contribution in [0.4, 0.5) is 5.13 Å². The van der Waals surface area contributed by atoms with Gasteiger partial charge in [-0.15, -0.1) is 11.3 Å². The molecule has 2 unspecified atom stereocenters. The molecular formula is C15H23N3O2S. The Morgan fingerprint density at radius 2 is 2.33 bits per heavy atom. The summed E-state index contributed by atoms with van der Waals surface area (Å²) in [5.74, 6) is -0.468. The van der Waals surface area contributed by atoms with E-state index in [1.807, 2.05) is 0 Å². The van der Waals surface area contributed by atoms with Gasteiger partial charge >= 0.3 is 5.97 Å². The van der Waals surface area contributed by atoms with Crippen molar-refractivity contribution >= 4 is 22.4 Å². The van der Waals surface area contributed by atoms with Crippen LogP contribution in [-0.2, 0) is 11.2 Å². The number of rotatable bonds is 5. The van der Waals surface area contributed by atoms with Crippen LogP contribution >= 0.6 is 11.3 Å². The molecule has 1 fully saturated rings. The van der Waals surface area contributed by atoms with Gasteiger partial charge in [0.05, 0.1) is 5.69 Å². The fraction of sp³-hybridized carbons (Fsp3) is 0.733. The Hall–Kier alpha value is -1.14. The van der Waals surface area contributed by atoms with Crippen LogP contribution in [0, 0.1) is 5.92 Å². The number of hydrogen-bond donors (Lipinski definition) is 2. The highest BCUT2D eigenvalue weighted by Crippen LogP contribution is 2.38. The smallest absolute Gasteiger partial charge is 0.312 e. The molecule has 2 N–H and O–H groups in total. The maximum absolute atomic E-state index is 11.2. The summed E-state index contributed by atoms with van der Waals surface area (Å²) < 4.78 is 0. The molecule has 0 spiro atoms. The van der Waals surface area contributed by atoms with Crippen molar-refractivity contribution in [2.75, 3.05) is 25.0 Å². The van der Waals surface area contributed by atoms with Crippen molar-refractivity contribution in [3.8, 4) is 0 Å².